The fourth-order valence-electron chi connectivity index (χ4n) is 4.37. The summed E-state index contributed by atoms with van der Waals surface area (Å²) in [7, 11) is 1.65. The van der Waals surface area contributed by atoms with Gasteiger partial charge in [-0.3, -0.25) is 4.68 Å². The first-order chi connectivity index (χ1) is 18.2. The predicted molar refractivity (Wildman–Crippen MR) is 146 cm³/mol. The Morgan fingerprint density at radius 3 is 2.59 bits per heavy atom. The number of allylic oxidation sites excluding steroid dienone is 1. The second-order valence-corrected chi connectivity index (χ2v) is 8.65. The molecule has 3 aromatic heterocycles. The minimum atomic E-state index is 0.137. The van der Waals surface area contributed by atoms with E-state index in [0.717, 1.165) is 34.5 Å². The molecule has 37 heavy (non-hydrogen) atoms. The molecule has 3 heterocycles. The molecule has 0 aliphatic rings. The Labute approximate surface area is 215 Å². The number of ether oxygens (including phenoxy) is 1. The highest BCUT2D eigenvalue weighted by Crippen LogP contribution is 2.28. The van der Waals surface area contributed by atoms with Crippen LogP contribution in [0.2, 0.25) is 0 Å². The van der Waals surface area contributed by atoms with Crippen molar-refractivity contribution in [2.75, 3.05) is 7.11 Å². The molecule has 0 spiro atoms. The molecule has 0 radical (unpaired) electrons. The summed E-state index contributed by atoms with van der Waals surface area (Å²) >= 11 is 0. The van der Waals surface area contributed by atoms with Gasteiger partial charge in [0, 0.05) is 36.3 Å². The Bertz CT molecular complexity index is 1520. The van der Waals surface area contributed by atoms with Gasteiger partial charge in [-0.05, 0) is 35.7 Å². The van der Waals surface area contributed by atoms with Crippen LogP contribution in [0.25, 0.3) is 22.3 Å². The van der Waals surface area contributed by atoms with Crippen LogP contribution in [-0.2, 0) is 6.54 Å². The van der Waals surface area contributed by atoms with Crippen molar-refractivity contribution in [2.24, 2.45) is 0 Å². The van der Waals surface area contributed by atoms with E-state index < -0.39 is 0 Å². The maximum absolute atomic E-state index is 8.02. The maximum atomic E-state index is 8.02. The third-order valence-corrected chi connectivity index (χ3v) is 6.33. The van der Waals surface area contributed by atoms with Crippen molar-refractivity contribution in [3.05, 3.63) is 108 Å². The minimum Gasteiger partial charge on any atom is -0.497 e. The lowest BCUT2D eigenvalue weighted by Gasteiger charge is -2.15. The molecule has 0 fully saturated rings. The standard InChI is InChI=1S/C29H29N7O/c1-3-27(22-7-5-4-6-8-22)35-19-24(18-33-35)29-28-13-14-32-36(28)20-26(34-29)23(15-30)17-31-16-21-9-11-25(37-2)12-10-21/h4-15,17-20,27,30-31H,3,16H2,1-2H3/b23-17+,30-15?. The smallest absolute Gasteiger partial charge is 0.118 e. The van der Waals surface area contributed by atoms with Crippen LogP contribution in [0.5, 0.6) is 5.75 Å². The van der Waals surface area contributed by atoms with Crippen molar-refractivity contribution in [3.63, 3.8) is 0 Å². The normalized spacial score (nSPS) is 12.4. The monoisotopic (exact) mass is 491 g/mol. The lowest BCUT2D eigenvalue weighted by atomic mass is 10.1. The predicted octanol–water partition coefficient (Wildman–Crippen LogP) is 5.38. The molecular formula is C29H29N7O. The van der Waals surface area contributed by atoms with Gasteiger partial charge in [-0.2, -0.15) is 10.2 Å². The summed E-state index contributed by atoms with van der Waals surface area (Å²) in [4.78, 5) is 4.94. The Hall–Kier alpha value is -4.72. The van der Waals surface area contributed by atoms with Crippen LogP contribution in [0.1, 0.15) is 36.2 Å². The van der Waals surface area contributed by atoms with Crippen LogP contribution in [0.3, 0.4) is 0 Å². The number of methoxy groups -OCH3 is 1. The van der Waals surface area contributed by atoms with Crippen LogP contribution in [-0.4, -0.2) is 37.7 Å². The zero-order valence-corrected chi connectivity index (χ0v) is 20.9. The van der Waals surface area contributed by atoms with Crippen LogP contribution in [0.15, 0.2) is 91.7 Å². The van der Waals surface area contributed by atoms with E-state index in [0.29, 0.717) is 17.8 Å². The summed E-state index contributed by atoms with van der Waals surface area (Å²) in [6.45, 7) is 2.77. The number of nitrogens with zero attached hydrogens (tertiary/aromatic N) is 5. The van der Waals surface area contributed by atoms with Gasteiger partial charge in [0.05, 0.1) is 48.6 Å². The van der Waals surface area contributed by atoms with Crippen molar-refractivity contribution in [2.45, 2.75) is 25.9 Å². The molecule has 0 aliphatic carbocycles. The fraction of sp³-hybridized carbons (Fsp3) is 0.172. The van der Waals surface area contributed by atoms with Gasteiger partial charge in [0.25, 0.3) is 0 Å². The van der Waals surface area contributed by atoms with E-state index in [2.05, 4.69) is 46.7 Å². The number of rotatable bonds is 10. The lowest BCUT2D eigenvalue weighted by Crippen LogP contribution is -2.10. The quantitative estimate of drug-likeness (QED) is 0.256. The van der Waals surface area contributed by atoms with E-state index >= 15 is 0 Å². The first-order valence-electron chi connectivity index (χ1n) is 12.2. The zero-order chi connectivity index (χ0) is 25.6. The van der Waals surface area contributed by atoms with E-state index in [9.17, 15) is 0 Å². The molecule has 2 N–H and O–H groups in total. The number of hydrogen-bond acceptors (Lipinski definition) is 6. The average Bonchev–Trinajstić information content (AvgIpc) is 3.62. The highest BCUT2D eigenvalue weighted by Gasteiger charge is 2.17. The van der Waals surface area contributed by atoms with Gasteiger partial charge >= 0.3 is 0 Å². The first kappa shape index (κ1) is 24.0. The van der Waals surface area contributed by atoms with Crippen molar-refractivity contribution in [1.82, 2.24) is 29.7 Å². The largest absolute Gasteiger partial charge is 0.497 e. The number of hydrogen-bond donors (Lipinski definition) is 2. The van der Waals surface area contributed by atoms with Crippen molar-refractivity contribution < 1.29 is 4.74 Å². The fourth-order valence-corrected chi connectivity index (χ4v) is 4.37. The average molecular weight is 492 g/mol. The number of benzene rings is 2. The molecule has 0 aliphatic heterocycles. The zero-order valence-electron chi connectivity index (χ0n) is 20.9. The molecule has 8 heteroatoms. The van der Waals surface area contributed by atoms with Crippen molar-refractivity contribution in [1.29, 1.82) is 5.41 Å². The number of aromatic nitrogens is 5. The van der Waals surface area contributed by atoms with E-state index in [1.165, 1.54) is 11.8 Å². The molecular weight excluding hydrogens is 462 g/mol. The second-order valence-electron chi connectivity index (χ2n) is 8.65. The Morgan fingerprint density at radius 2 is 1.86 bits per heavy atom. The van der Waals surface area contributed by atoms with Crippen molar-refractivity contribution in [3.8, 4) is 17.0 Å². The molecule has 5 aromatic rings. The van der Waals surface area contributed by atoms with Crippen LogP contribution in [0.4, 0.5) is 0 Å². The highest BCUT2D eigenvalue weighted by molar-refractivity contribution is 6.07. The topological polar surface area (TPSA) is 93.1 Å². The van der Waals surface area contributed by atoms with Crippen LogP contribution >= 0.6 is 0 Å². The van der Waals surface area contributed by atoms with Crippen LogP contribution in [0, 0.1) is 5.41 Å². The summed E-state index contributed by atoms with van der Waals surface area (Å²) in [5.41, 5.74) is 6.17. The molecule has 0 bridgehead atoms. The van der Waals surface area contributed by atoms with Gasteiger partial charge in [-0.1, -0.05) is 49.4 Å². The Kier molecular flexibility index (Phi) is 7.07. The van der Waals surface area contributed by atoms with E-state index in [1.807, 2.05) is 65.9 Å². The molecule has 0 saturated heterocycles. The molecule has 8 nitrogen and oxygen atoms in total. The Balaban J connectivity index is 1.44. The maximum Gasteiger partial charge on any atom is 0.118 e. The van der Waals surface area contributed by atoms with Gasteiger partial charge in [-0.25, -0.2) is 9.50 Å². The van der Waals surface area contributed by atoms with E-state index in [-0.39, 0.29) is 6.04 Å². The summed E-state index contributed by atoms with van der Waals surface area (Å²) in [6.07, 6.45) is 11.5. The second kappa shape index (κ2) is 10.9. The van der Waals surface area contributed by atoms with E-state index in [1.54, 1.807) is 17.8 Å². The van der Waals surface area contributed by atoms with Gasteiger partial charge in [0.1, 0.15) is 5.75 Å². The molecule has 0 saturated carbocycles. The van der Waals surface area contributed by atoms with E-state index in [4.69, 9.17) is 15.1 Å². The van der Waals surface area contributed by atoms with Crippen molar-refractivity contribution >= 4 is 17.3 Å². The first-order valence-corrected chi connectivity index (χ1v) is 12.2. The summed E-state index contributed by atoms with van der Waals surface area (Å²) < 4.78 is 9.01. The lowest BCUT2D eigenvalue weighted by molar-refractivity contribution is 0.414. The molecule has 5 rings (SSSR count). The number of fused-ring (bicyclic) bond motifs is 1. The summed E-state index contributed by atoms with van der Waals surface area (Å²) in [5, 5.41) is 20.5. The summed E-state index contributed by atoms with van der Waals surface area (Å²) in [6, 6.07) is 20.3. The van der Waals surface area contributed by atoms with Gasteiger partial charge < -0.3 is 15.5 Å². The molecule has 1 atom stereocenters. The molecule has 0 amide bonds. The van der Waals surface area contributed by atoms with Crippen LogP contribution < -0.4 is 10.1 Å². The van der Waals surface area contributed by atoms with Gasteiger partial charge in [0.15, 0.2) is 0 Å². The van der Waals surface area contributed by atoms with Gasteiger partial charge in [-0.15, -0.1) is 0 Å². The van der Waals surface area contributed by atoms with Gasteiger partial charge in [0.2, 0.25) is 0 Å². The third kappa shape index (κ3) is 5.13. The molecule has 186 valence electrons. The molecule has 2 aromatic carbocycles. The molecule has 1 unspecified atom stereocenters. The number of nitrogens with one attached hydrogen (secondary N) is 2. The summed E-state index contributed by atoms with van der Waals surface area (Å²) in [5.74, 6) is 0.820. The SMILES string of the molecule is CCC(c1ccccc1)n1cc(-c2nc(/C(C=N)=C/NCc3ccc(OC)cc3)cn3nccc23)cn1. The third-order valence-electron chi connectivity index (χ3n) is 6.33. The Morgan fingerprint density at radius 1 is 1.05 bits per heavy atom. The highest BCUT2D eigenvalue weighted by atomic mass is 16.5. The minimum absolute atomic E-state index is 0.137.